The van der Waals surface area contributed by atoms with Crippen LogP contribution >= 0.6 is 15.9 Å². The van der Waals surface area contributed by atoms with Crippen molar-refractivity contribution in [2.75, 3.05) is 19.7 Å². The SMILES string of the molecule is O=C(NCCOc1ccccc1)C1CCCCN1S(=O)(=O)c1ccc(Br)cc1. The van der Waals surface area contributed by atoms with Crippen LogP contribution in [0.25, 0.3) is 0 Å². The van der Waals surface area contributed by atoms with Crippen LogP contribution in [0.5, 0.6) is 5.75 Å². The van der Waals surface area contributed by atoms with Gasteiger partial charge < -0.3 is 10.1 Å². The number of rotatable bonds is 7. The van der Waals surface area contributed by atoms with Crippen molar-refractivity contribution in [2.45, 2.75) is 30.2 Å². The fraction of sp³-hybridized carbons (Fsp3) is 0.350. The Morgan fingerprint density at radius 3 is 2.54 bits per heavy atom. The zero-order valence-corrected chi connectivity index (χ0v) is 17.8. The lowest BCUT2D eigenvalue weighted by atomic mass is 10.0. The molecule has 0 bridgehead atoms. The second kappa shape index (κ2) is 9.54. The first-order valence-corrected chi connectivity index (χ1v) is 11.4. The van der Waals surface area contributed by atoms with Gasteiger partial charge in [-0.05, 0) is 49.2 Å². The van der Waals surface area contributed by atoms with E-state index in [-0.39, 0.29) is 10.8 Å². The molecule has 0 saturated carbocycles. The van der Waals surface area contributed by atoms with Gasteiger partial charge in [0.25, 0.3) is 0 Å². The highest BCUT2D eigenvalue weighted by molar-refractivity contribution is 9.10. The number of halogens is 1. The Labute approximate surface area is 174 Å². The molecule has 1 amide bonds. The predicted molar refractivity (Wildman–Crippen MR) is 111 cm³/mol. The molecule has 1 fully saturated rings. The molecule has 2 aromatic carbocycles. The van der Waals surface area contributed by atoms with Gasteiger partial charge in [-0.3, -0.25) is 4.79 Å². The highest BCUT2D eigenvalue weighted by atomic mass is 79.9. The summed E-state index contributed by atoms with van der Waals surface area (Å²) < 4.78 is 33.8. The topological polar surface area (TPSA) is 75.7 Å². The van der Waals surface area contributed by atoms with Gasteiger partial charge in [-0.25, -0.2) is 8.42 Å². The number of benzene rings is 2. The molecule has 1 heterocycles. The first kappa shape index (κ1) is 20.8. The molecule has 1 N–H and O–H groups in total. The maximum absolute atomic E-state index is 13.0. The van der Waals surface area contributed by atoms with Crippen molar-refractivity contribution in [1.29, 1.82) is 0 Å². The van der Waals surface area contributed by atoms with Crippen molar-refractivity contribution in [1.82, 2.24) is 9.62 Å². The zero-order valence-electron chi connectivity index (χ0n) is 15.4. The number of piperidine rings is 1. The monoisotopic (exact) mass is 466 g/mol. The van der Waals surface area contributed by atoms with E-state index in [1.807, 2.05) is 30.3 Å². The molecule has 1 saturated heterocycles. The molecule has 2 aromatic rings. The molecule has 0 radical (unpaired) electrons. The van der Waals surface area contributed by atoms with E-state index in [4.69, 9.17) is 4.74 Å². The maximum atomic E-state index is 13.0. The number of carbonyl (C=O) groups is 1. The molecule has 1 aliphatic heterocycles. The summed E-state index contributed by atoms with van der Waals surface area (Å²) in [5.41, 5.74) is 0. The average Bonchev–Trinajstić information content (AvgIpc) is 2.72. The van der Waals surface area contributed by atoms with Gasteiger partial charge in [0.05, 0.1) is 11.4 Å². The molecule has 0 spiro atoms. The Morgan fingerprint density at radius 2 is 1.82 bits per heavy atom. The van der Waals surface area contributed by atoms with Crippen LogP contribution in [0.2, 0.25) is 0 Å². The van der Waals surface area contributed by atoms with Crippen LogP contribution in [-0.2, 0) is 14.8 Å². The van der Waals surface area contributed by atoms with Crippen molar-refractivity contribution < 1.29 is 17.9 Å². The van der Waals surface area contributed by atoms with Crippen molar-refractivity contribution in [3.05, 3.63) is 59.1 Å². The van der Waals surface area contributed by atoms with Gasteiger partial charge in [-0.1, -0.05) is 40.5 Å². The first-order valence-electron chi connectivity index (χ1n) is 9.21. The Kier molecular flexibility index (Phi) is 7.09. The van der Waals surface area contributed by atoms with Crippen molar-refractivity contribution in [3.8, 4) is 5.75 Å². The van der Waals surface area contributed by atoms with Gasteiger partial charge in [-0.2, -0.15) is 4.31 Å². The summed E-state index contributed by atoms with van der Waals surface area (Å²) in [6.07, 6.45) is 2.09. The molecule has 8 heteroatoms. The van der Waals surface area contributed by atoms with E-state index >= 15 is 0 Å². The van der Waals surface area contributed by atoms with Gasteiger partial charge in [0, 0.05) is 11.0 Å². The number of nitrogens with zero attached hydrogens (tertiary/aromatic N) is 1. The molecule has 0 aliphatic carbocycles. The number of amides is 1. The number of para-hydroxylation sites is 1. The van der Waals surface area contributed by atoms with Gasteiger partial charge in [-0.15, -0.1) is 0 Å². The lowest BCUT2D eigenvalue weighted by Crippen LogP contribution is -2.52. The van der Waals surface area contributed by atoms with Crippen molar-refractivity contribution in [3.63, 3.8) is 0 Å². The fourth-order valence-electron chi connectivity index (χ4n) is 3.17. The van der Waals surface area contributed by atoms with Crippen LogP contribution in [0.4, 0.5) is 0 Å². The van der Waals surface area contributed by atoms with E-state index in [0.717, 1.165) is 23.1 Å². The molecule has 150 valence electrons. The number of hydrogen-bond acceptors (Lipinski definition) is 4. The highest BCUT2D eigenvalue weighted by Gasteiger charge is 2.37. The van der Waals surface area contributed by atoms with Crippen LogP contribution in [0.1, 0.15) is 19.3 Å². The molecule has 1 atom stereocenters. The quantitative estimate of drug-likeness (QED) is 0.635. The Bertz CT molecular complexity index is 888. The minimum atomic E-state index is -3.73. The maximum Gasteiger partial charge on any atom is 0.243 e. The van der Waals surface area contributed by atoms with Gasteiger partial charge in [0.1, 0.15) is 18.4 Å². The number of nitrogens with one attached hydrogen (secondary N) is 1. The summed E-state index contributed by atoms with van der Waals surface area (Å²) in [7, 11) is -3.73. The molecule has 28 heavy (non-hydrogen) atoms. The normalized spacial score (nSPS) is 17.8. The molecule has 1 aliphatic rings. The van der Waals surface area contributed by atoms with Gasteiger partial charge in [0.15, 0.2) is 0 Å². The fourth-order valence-corrected chi connectivity index (χ4v) is 5.10. The molecule has 1 unspecified atom stereocenters. The van der Waals surface area contributed by atoms with Crippen molar-refractivity contribution >= 4 is 31.9 Å². The highest BCUT2D eigenvalue weighted by Crippen LogP contribution is 2.26. The predicted octanol–water partition coefficient (Wildman–Crippen LogP) is 3.19. The Balaban J connectivity index is 1.62. The molecular weight excluding hydrogens is 444 g/mol. The van der Waals surface area contributed by atoms with E-state index in [2.05, 4.69) is 21.2 Å². The summed E-state index contributed by atoms with van der Waals surface area (Å²) in [6.45, 7) is 0.981. The van der Waals surface area contributed by atoms with E-state index in [1.165, 1.54) is 4.31 Å². The minimum absolute atomic E-state index is 0.197. The van der Waals surface area contributed by atoms with E-state index in [9.17, 15) is 13.2 Å². The van der Waals surface area contributed by atoms with Crippen molar-refractivity contribution in [2.24, 2.45) is 0 Å². The zero-order chi connectivity index (χ0) is 20.0. The van der Waals surface area contributed by atoms with Crippen LogP contribution in [0, 0.1) is 0 Å². The Hall–Kier alpha value is -1.90. The van der Waals surface area contributed by atoms with E-state index < -0.39 is 16.1 Å². The average molecular weight is 467 g/mol. The first-order chi connectivity index (χ1) is 13.5. The summed E-state index contributed by atoms with van der Waals surface area (Å²) >= 11 is 3.31. The number of carbonyl (C=O) groups excluding carboxylic acids is 1. The second-order valence-electron chi connectivity index (χ2n) is 6.53. The second-order valence-corrected chi connectivity index (χ2v) is 9.34. The van der Waals surface area contributed by atoms with Gasteiger partial charge >= 0.3 is 0 Å². The lowest BCUT2D eigenvalue weighted by molar-refractivity contribution is -0.125. The van der Waals surface area contributed by atoms with E-state index in [1.54, 1.807) is 24.3 Å². The standard InChI is InChI=1S/C20H23BrN2O4S/c21-16-9-11-18(12-10-16)28(25,26)23-14-5-4-8-19(23)20(24)22-13-15-27-17-6-2-1-3-7-17/h1-3,6-7,9-12,19H,4-5,8,13-15H2,(H,22,24). The van der Waals surface area contributed by atoms with Crippen LogP contribution in [-0.4, -0.2) is 44.4 Å². The summed E-state index contributed by atoms with van der Waals surface area (Å²) in [4.78, 5) is 12.9. The lowest BCUT2D eigenvalue weighted by Gasteiger charge is -2.33. The van der Waals surface area contributed by atoms with E-state index in [0.29, 0.717) is 26.1 Å². The summed E-state index contributed by atoms with van der Waals surface area (Å²) in [5.74, 6) is 0.450. The smallest absolute Gasteiger partial charge is 0.243 e. The largest absolute Gasteiger partial charge is 0.492 e. The number of ether oxygens (including phenoxy) is 1. The summed E-state index contributed by atoms with van der Waals surface area (Å²) in [5, 5.41) is 2.81. The number of hydrogen-bond donors (Lipinski definition) is 1. The van der Waals surface area contributed by atoms with Crippen LogP contribution in [0.3, 0.4) is 0 Å². The third-order valence-electron chi connectivity index (χ3n) is 4.59. The van der Waals surface area contributed by atoms with Gasteiger partial charge in [0.2, 0.25) is 15.9 Å². The molecular formula is C20H23BrN2O4S. The van der Waals surface area contributed by atoms with Crippen LogP contribution in [0.15, 0.2) is 64.0 Å². The van der Waals surface area contributed by atoms with Crippen LogP contribution < -0.4 is 10.1 Å². The number of sulfonamides is 1. The molecule has 3 rings (SSSR count). The Morgan fingerprint density at radius 1 is 1.11 bits per heavy atom. The third-order valence-corrected chi connectivity index (χ3v) is 7.04. The molecule has 0 aromatic heterocycles. The molecule has 6 nitrogen and oxygen atoms in total. The minimum Gasteiger partial charge on any atom is -0.492 e. The summed E-state index contributed by atoms with van der Waals surface area (Å²) in [6, 6.07) is 15.1. The third kappa shape index (κ3) is 5.12.